The van der Waals surface area contributed by atoms with Crippen molar-refractivity contribution in [2.75, 3.05) is 18.1 Å². The number of carboxylic acid groups (broad SMARTS) is 1. The highest BCUT2D eigenvalue weighted by Gasteiger charge is 2.25. The van der Waals surface area contributed by atoms with Crippen molar-refractivity contribution < 1.29 is 29.0 Å². The second-order valence-corrected chi connectivity index (χ2v) is 11.8. The number of nitrogens with two attached hydrogens (primary N) is 1. The molecule has 1 aromatic heterocycles. The molecule has 1 aliphatic heterocycles. The molecule has 11 heteroatoms. The number of hydrogen-bond acceptors (Lipinski definition) is 6. The third kappa shape index (κ3) is 8.04. The highest BCUT2D eigenvalue weighted by atomic mass is 16.5. The zero-order chi connectivity index (χ0) is 33.5. The summed E-state index contributed by atoms with van der Waals surface area (Å²) in [7, 11) is 0. The third-order valence-electron chi connectivity index (χ3n) is 8.39. The number of hydrogen-bond donors (Lipinski definition) is 3. The zero-order valence-electron chi connectivity index (χ0n) is 26.6. The van der Waals surface area contributed by atoms with Crippen LogP contribution in [0.15, 0.2) is 73.1 Å². The fraction of sp³-hybridized carbons (Fsp3) is 0.306. The molecule has 3 aromatic carbocycles. The van der Waals surface area contributed by atoms with Gasteiger partial charge < -0.3 is 25.8 Å². The summed E-state index contributed by atoms with van der Waals surface area (Å²) in [5.74, 6) is -1.85. The minimum Gasteiger partial charge on any atom is -0.493 e. The second-order valence-electron chi connectivity index (χ2n) is 11.8. The number of benzene rings is 3. The number of aromatic nitrogens is 2. The molecule has 5 rings (SSSR count). The minimum absolute atomic E-state index is 0.0802. The SMILES string of the molecule is Cc1cccc(OCCCC(=O)N2CCCc3c(-c4cnn(Cc5cccc(C(=O)N[C@@H](CC(N)=O)C(=O)O)c5)c4)cccc32)c1C. The Morgan fingerprint density at radius 1 is 1.06 bits per heavy atom. The number of nitrogens with zero attached hydrogens (tertiary/aromatic N) is 3. The molecule has 0 saturated heterocycles. The van der Waals surface area contributed by atoms with Crippen molar-refractivity contribution in [1.29, 1.82) is 0 Å². The van der Waals surface area contributed by atoms with E-state index in [4.69, 9.17) is 10.5 Å². The Morgan fingerprint density at radius 2 is 1.85 bits per heavy atom. The molecule has 0 unspecified atom stereocenters. The smallest absolute Gasteiger partial charge is 0.326 e. The van der Waals surface area contributed by atoms with Gasteiger partial charge in [0.2, 0.25) is 11.8 Å². The van der Waals surface area contributed by atoms with Crippen molar-refractivity contribution in [3.05, 3.63) is 101 Å². The number of carbonyl (C=O) groups excluding carboxylic acids is 3. The Labute approximate surface area is 273 Å². The summed E-state index contributed by atoms with van der Waals surface area (Å²) in [5.41, 5.74) is 12.4. The first-order valence-corrected chi connectivity index (χ1v) is 15.7. The molecule has 0 radical (unpaired) electrons. The molecular formula is C36H39N5O6. The van der Waals surface area contributed by atoms with E-state index in [0.717, 1.165) is 52.1 Å². The molecule has 0 fully saturated rings. The van der Waals surface area contributed by atoms with Gasteiger partial charge >= 0.3 is 5.97 Å². The number of rotatable bonds is 13. The van der Waals surface area contributed by atoms with Crippen LogP contribution in [0.1, 0.15) is 58.3 Å². The van der Waals surface area contributed by atoms with Gasteiger partial charge in [0.1, 0.15) is 11.8 Å². The highest BCUT2D eigenvalue weighted by molar-refractivity contribution is 5.98. The van der Waals surface area contributed by atoms with Gasteiger partial charge in [0.15, 0.2) is 0 Å². The van der Waals surface area contributed by atoms with Crippen LogP contribution < -0.4 is 20.7 Å². The molecule has 1 atom stereocenters. The Bertz CT molecular complexity index is 1800. The predicted molar refractivity (Wildman–Crippen MR) is 177 cm³/mol. The number of amides is 3. The molecule has 4 N–H and O–H groups in total. The van der Waals surface area contributed by atoms with Crippen molar-refractivity contribution >= 4 is 29.4 Å². The number of aryl methyl sites for hydroxylation is 1. The van der Waals surface area contributed by atoms with Crippen LogP contribution in [0, 0.1) is 13.8 Å². The van der Waals surface area contributed by atoms with Crippen LogP contribution in [-0.4, -0.2) is 57.8 Å². The van der Waals surface area contributed by atoms with Crippen LogP contribution in [-0.2, 0) is 27.3 Å². The number of aliphatic carboxylic acids is 1. The van der Waals surface area contributed by atoms with Gasteiger partial charge in [0.25, 0.3) is 5.91 Å². The van der Waals surface area contributed by atoms with E-state index in [1.165, 1.54) is 5.56 Å². The fourth-order valence-corrected chi connectivity index (χ4v) is 5.81. The Kier molecular flexibility index (Phi) is 10.3. The van der Waals surface area contributed by atoms with Crippen LogP contribution in [0.2, 0.25) is 0 Å². The molecule has 2 heterocycles. The number of nitrogens with one attached hydrogen (secondary N) is 1. The minimum atomic E-state index is -1.41. The molecule has 4 aromatic rings. The third-order valence-corrected chi connectivity index (χ3v) is 8.39. The molecule has 0 bridgehead atoms. The van der Waals surface area contributed by atoms with E-state index in [9.17, 15) is 24.3 Å². The number of carboxylic acids is 1. The monoisotopic (exact) mass is 637 g/mol. The summed E-state index contributed by atoms with van der Waals surface area (Å²) in [6.07, 6.45) is 5.95. The van der Waals surface area contributed by atoms with Crippen LogP contribution in [0.3, 0.4) is 0 Å². The molecule has 0 saturated carbocycles. The van der Waals surface area contributed by atoms with Crippen molar-refractivity contribution in [1.82, 2.24) is 15.1 Å². The van der Waals surface area contributed by atoms with Gasteiger partial charge in [-0.3, -0.25) is 19.1 Å². The van der Waals surface area contributed by atoms with E-state index in [0.29, 0.717) is 32.5 Å². The fourth-order valence-electron chi connectivity index (χ4n) is 5.81. The molecule has 3 amide bonds. The zero-order valence-corrected chi connectivity index (χ0v) is 26.6. The number of ether oxygens (including phenoxy) is 1. The van der Waals surface area contributed by atoms with Crippen molar-refractivity contribution in [2.24, 2.45) is 5.73 Å². The summed E-state index contributed by atoms with van der Waals surface area (Å²) in [4.78, 5) is 50.6. The lowest BCUT2D eigenvalue weighted by molar-refractivity contribution is -0.140. The average molecular weight is 638 g/mol. The molecule has 0 spiro atoms. The molecule has 0 aliphatic carbocycles. The Hall–Kier alpha value is -5.45. The summed E-state index contributed by atoms with van der Waals surface area (Å²) < 4.78 is 7.73. The topological polar surface area (TPSA) is 157 Å². The second kappa shape index (κ2) is 14.8. The quantitative estimate of drug-likeness (QED) is 0.183. The Balaban J connectivity index is 1.23. The van der Waals surface area contributed by atoms with Crippen LogP contribution in [0.25, 0.3) is 11.1 Å². The van der Waals surface area contributed by atoms with Crippen LogP contribution in [0.4, 0.5) is 5.69 Å². The van der Waals surface area contributed by atoms with Crippen LogP contribution >= 0.6 is 0 Å². The van der Waals surface area contributed by atoms with Crippen LogP contribution in [0.5, 0.6) is 5.75 Å². The van der Waals surface area contributed by atoms with E-state index in [1.807, 2.05) is 54.4 Å². The summed E-state index contributed by atoms with van der Waals surface area (Å²) >= 11 is 0. The van der Waals surface area contributed by atoms with Gasteiger partial charge in [-0.25, -0.2) is 4.79 Å². The van der Waals surface area contributed by atoms with E-state index >= 15 is 0 Å². The first-order chi connectivity index (χ1) is 22.6. The summed E-state index contributed by atoms with van der Waals surface area (Å²) in [6.45, 7) is 5.61. The maximum atomic E-state index is 13.3. The molecule has 1 aliphatic rings. The Morgan fingerprint density at radius 3 is 2.64 bits per heavy atom. The number of primary amides is 1. The van der Waals surface area contributed by atoms with Gasteiger partial charge in [-0.15, -0.1) is 0 Å². The number of fused-ring (bicyclic) bond motifs is 1. The largest absolute Gasteiger partial charge is 0.493 e. The molecular weight excluding hydrogens is 598 g/mol. The van der Waals surface area contributed by atoms with Crippen molar-refractivity contribution in [3.63, 3.8) is 0 Å². The maximum Gasteiger partial charge on any atom is 0.326 e. The molecule has 11 nitrogen and oxygen atoms in total. The van der Waals surface area contributed by atoms with E-state index in [1.54, 1.807) is 29.1 Å². The lowest BCUT2D eigenvalue weighted by atomic mass is 9.93. The summed E-state index contributed by atoms with van der Waals surface area (Å²) in [5, 5.41) is 16.2. The van der Waals surface area contributed by atoms with Crippen molar-refractivity contribution in [3.8, 4) is 16.9 Å². The van der Waals surface area contributed by atoms with Crippen molar-refractivity contribution in [2.45, 2.75) is 58.5 Å². The van der Waals surface area contributed by atoms with Gasteiger partial charge in [-0.05, 0) is 85.2 Å². The first kappa shape index (κ1) is 32.9. The lowest BCUT2D eigenvalue weighted by Gasteiger charge is -2.31. The summed E-state index contributed by atoms with van der Waals surface area (Å²) in [6, 6.07) is 17.4. The van der Waals surface area contributed by atoms with E-state index in [2.05, 4.69) is 23.4 Å². The normalized spacial score (nSPS) is 13.0. The number of carbonyl (C=O) groups is 4. The average Bonchev–Trinajstić information content (AvgIpc) is 3.51. The van der Waals surface area contributed by atoms with Gasteiger partial charge in [-0.2, -0.15) is 5.10 Å². The predicted octanol–water partition coefficient (Wildman–Crippen LogP) is 4.41. The van der Waals surface area contributed by atoms with Gasteiger partial charge in [-0.1, -0.05) is 36.4 Å². The highest BCUT2D eigenvalue weighted by Crippen LogP contribution is 2.36. The van der Waals surface area contributed by atoms with E-state index < -0.39 is 30.2 Å². The maximum absolute atomic E-state index is 13.3. The van der Waals surface area contributed by atoms with Gasteiger partial charge in [0.05, 0.1) is 25.8 Å². The van der Waals surface area contributed by atoms with Gasteiger partial charge in [0, 0.05) is 36.0 Å². The molecule has 47 heavy (non-hydrogen) atoms. The number of anilines is 1. The standard InChI is InChI=1S/C36H39N5O6/c1-23-8-3-14-32(24(23)2)47-17-7-15-34(43)41-16-6-12-29-28(11-5-13-31(29)41)27-20-38-40(22-27)21-25-9-4-10-26(18-25)35(44)39-30(36(45)46)19-33(37)42/h3-5,8-11,13-14,18,20,22,30H,6-7,12,15-17,19,21H2,1-2H3,(H2,37,42)(H,39,44)(H,45,46)/t30-/m0/s1. The van der Waals surface area contributed by atoms with E-state index in [-0.39, 0.29) is 11.5 Å². The first-order valence-electron chi connectivity index (χ1n) is 15.7. The molecule has 244 valence electrons. The lowest BCUT2D eigenvalue weighted by Crippen LogP contribution is -2.43.